The normalized spacial score (nSPS) is 44.2. The van der Waals surface area contributed by atoms with Gasteiger partial charge in [-0.3, -0.25) is 4.79 Å². The molecule has 5 heteroatoms. The van der Waals surface area contributed by atoms with E-state index in [9.17, 15) is 4.79 Å². The molecule has 0 spiro atoms. The van der Waals surface area contributed by atoms with Gasteiger partial charge in [-0.2, -0.15) is 11.8 Å². The van der Waals surface area contributed by atoms with Crippen molar-refractivity contribution >= 4 is 17.7 Å². The average molecular weight is 312 g/mol. The Balaban J connectivity index is 1.70. The summed E-state index contributed by atoms with van der Waals surface area (Å²) in [7, 11) is 0. The van der Waals surface area contributed by atoms with Crippen LogP contribution in [0.4, 0.5) is 0 Å². The summed E-state index contributed by atoms with van der Waals surface area (Å²) < 4.78 is 5.78. The Hall–Kier alpha value is -0.260. The third-order valence-corrected chi connectivity index (χ3v) is 7.31. The fourth-order valence-electron chi connectivity index (χ4n) is 4.64. The Bertz CT molecular complexity index is 429. The zero-order valence-corrected chi connectivity index (χ0v) is 14.2. The molecule has 21 heavy (non-hydrogen) atoms. The second-order valence-corrected chi connectivity index (χ2v) is 8.80. The minimum absolute atomic E-state index is 0.0489. The van der Waals surface area contributed by atoms with E-state index < -0.39 is 5.54 Å². The first-order valence-corrected chi connectivity index (χ1v) is 9.30. The average Bonchev–Trinajstić information content (AvgIpc) is 3.07. The molecule has 3 fully saturated rings. The van der Waals surface area contributed by atoms with Crippen LogP contribution in [0.1, 0.15) is 46.5 Å². The standard InChI is InChI=1S/C16H28N2O2S/c1-4-21-12-7-5-6-11(12)18-14(19)16(17)10-8-9-20-13(10)15(16,2)3/h10-13H,4-9,17H2,1-3H3,(H,18,19). The highest BCUT2D eigenvalue weighted by Crippen LogP contribution is 2.58. The van der Waals surface area contributed by atoms with Crippen molar-refractivity contribution in [1.29, 1.82) is 0 Å². The maximum atomic E-state index is 12.9. The first kappa shape index (κ1) is 15.6. The van der Waals surface area contributed by atoms with Crippen molar-refractivity contribution in [2.45, 2.75) is 69.4 Å². The molecule has 2 aliphatic carbocycles. The summed E-state index contributed by atoms with van der Waals surface area (Å²) in [5, 5.41) is 3.84. The Kier molecular flexibility index (Phi) is 4.04. The van der Waals surface area contributed by atoms with Crippen molar-refractivity contribution in [3.05, 3.63) is 0 Å². The van der Waals surface area contributed by atoms with Gasteiger partial charge in [0.05, 0.1) is 6.10 Å². The van der Waals surface area contributed by atoms with E-state index >= 15 is 0 Å². The monoisotopic (exact) mass is 312 g/mol. The molecular formula is C16H28N2O2S. The number of hydrogen-bond acceptors (Lipinski definition) is 4. The highest BCUT2D eigenvalue weighted by molar-refractivity contribution is 7.99. The Morgan fingerprint density at radius 3 is 2.86 bits per heavy atom. The lowest BCUT2D eigenvalue weighted by molar-refractivity contribution is -0.175. The molecule has 3 rings (SSSR count). The number of carbonyl (C=O) groups is 1. The van der Waals surface area contributed by atoms with Gasteiger partial charge >= 0.3 is 0 Å². The van der Waals surface area contributed by atoms with E-state index in [2.05, 4.69) is 26.1 Å². The predicted octanol–water partition coefficient (Wildman–Crippen LogP) is 1.92. The predicted molar refractivity (Wildman–Crippen MR) is 86.2 cm³/mol. The van der Waals surface area contributed by atoms with Crippen molar-refractivity contribution in [3.63, 3.8) is 0 Å². The number of amides is 1. The van der Waals surface area contributed by atoms with E-state index in [0.717, 1.165) is 25.2 Å². The van der Waals surface area contributed by atoms with Crippen LogP contribution < -0.4 is 11.1 Å². The van der Waals surface area contributed by atoms with E-state index in [-0.39, 0.29) is 23.3 Å². The van der Waals surface area contributed by atoms with Gasteiger partial charge in [0.15, 0.2) is 0 Å². The van der Waals surface area contributed by atoms with Crippen LogP contribution in [0.2, 0.25) is 0 Å². The van der Waals surface area contributed by atoms with Crippen LogP contribution in [0.15, 0.2) is 0 Å². The number of hydrogen-bond donors (Lipinski definition) is 2. The SMILES string of the molecule is CCSC1CCCC1NC(=O)C1(N)C2CCOC2C1(C)C. The van der Waals surface area contributed by atoms with Crippen LogP contribution in [-0.2, 0) is 9.53 Å². The summed E-state index contributed by atoms with van der Waals surface area (Å²) in [6.45, 7) is 7.07. The van der Waals surface area contributed by atoms with Gasteiger partial charge in [0, 0.05) is 29.2 Å². The number of rotatable bonds is 4. The largest absolute Gasteiger partial charge is 0.377 e. The molecule has 1 amide bonds. The van der Waals surface area contributed by atoms with E-state index in [4.69, 9.17) is 10.5 Å². The number of fused-ring (bicyclic) bond motifs is 1. The Labute approximate surface area is 131 Å². The van der Waals surface area contributed by atoms with Crippen LogP contribution in [-0.4, -0.2) is 41.2 Å². The van der Waals surface area contributed by atoms with Crippen molar-refractivity contribution in [1.82, 2.24) is 5.32 Å². The smallest absolute Gasteiger partial charge is 0.241 e. The molecule has 1 aliphatic heterocycles. The number of nitrogens with two attached hydrogens (primary N) is 1. The summed E-state index contributed by atoms with van der Waals surface area (Å²) in [5.74, 6) is 1.34. The number of nitrogens with one attached hydrogen (secondary N) is 1. The van der Waals surface area contributed by atoms with E-state index in [1.54, 1.807) is 0 Å². The minimum atomic E-state index is -0.766. The summed E-state index contributed by atoms with van der Waals surface area (Å²) >= 11 is 1.96. The molecule has 0 aromatic heterocycles. The molecule has 0 bridgehead atoms. The molecular weight excluding hydrogens is 284 g/mol. The van der Waals surface area contributed by atoms with Crippen molar-refractivity contribution < 1.29 is 9.53 Å². The van der Waals surface area contributed by atoms with E-state index in [0.29, 0.717) is 11.3 Å². The van der Waals surface area contributed by atoms with Gasteiger partial charge in [-0.15, -0.1) is 0 Å². The lowest BCUT2D eigenvalue weighted by atomic mass is 9.48. The molecule has 0 aromatic carbocycles. The second kappa shape index (κ2) is 5.43. The molecule has 0 aromatic rings. The second-order valence-electron chi connectivity index (χ2n) is 7.28. The quantitative estimate of drug-likeness (QED) is 0.832. The van der Waals surface area contributed by atoms with Crippen LogP contribution in [0.25, 0.3) is 0 Å². The zero-order chi connectivity index (χ0) is 15.3. The highest BCUT2D eigenvalue weighted by atomic mass is 32.2. The van der Waals surface area contributed by atoms with Crippen LogP contribution in [0, 0.1) is 11.3 Å². The summed E-state index contributed by atoms with van der Waals surface area (Å²) in [5.41, 5.74) is 5.57. The number of thioether (sulfide) groups is 1. The van der Waals surface area contributed by atoms with Gasteiger partial charge in [0.25, 0.3) is 0 Å². The van der Waals surface area contributed by atoms with Crippen molar-refractivity contribution in [3.8, 4) is 0 Å². The molecule has 3 aliphatic rings. The molecule has 5 atom stereocenters. The Morgan fingerprint density at radius 1 is 1.38 bits per heavy atom. The molecule has 0 radical (unpaired) electrons. The first-order chi connectivity index (χ1) is 9.92. The molecule has 2 saturated carbocycles. The van der Waals surface area contributed by atoms with Crippen molar-refractivity contribution in [2.75, 3.05) is 12.4 Å². The molecule has 5 unspecified atom stereocenters. The van der Waals surface area contributed by atoms with E-state index in [1.807, 2.05) is 11.8 Å². The van der Waals surface area contributed by atoms with Gasteiger partial charge in [-0.25, -0.2) is 0 Å². The Morgan fingerprint density at radius 2 is 2.14 bits per heavy atom. The van der Waals surface area contributed by atoms with Gasteiger partial charge in [0.1, 0.15) is 5.54 Å². The molecule has 3 N–H and O–H groups in total. The number of ether oxygens (including phenoxy) is 1. The highest BCUT2D eigenvalue weighted by Gasteiger charge is 2.71. The number of carbonyl (C=O) groups excluding carboxylic acids is 1. The van der Waals surface area contributed by atoms with Crippen LogP contribution in [0.3, 0.4) is 0 Å². The first-order valence-electron chi connectivity index (χ1n) is 8.26. The van der Waals surface area contributed by atoms with Crippen molar-refractivity contribution in [2.24, 2.45) is 17.1 Å². The summed E-state index contributed by atoms with van der Waals surface area (Å²) in [6, 6.07) is 0.292. The minimum Gasteiger partial charge on any atom is -0.377 e. The van der Waals surface area contributed by atoms with Crippen LogP contribution in [0.5, 0.6) is 0 Å². The topological polar surface area (TPSA) is 64.4 Å². The molecule has 120 valence electrons. The maximum absolute atomic E-state index is 12.9. The zero-order valence-electron chi connectivity index (χ0n) is 13.4. The van der Waals surface area contributed by atoms with Gasteiger partial charge in [-0.1, -0.05) is 27.2 Å². The van der Waals surface area contributed by atoms with Gasteiger partial charge in [0.2, 0.25) is 5.91 Å². The van der Waals surface area contributed by atoms with E-state index in [1.165, 1.54) is 12.8 Å². The third-order valence-electron chi connectivity index (χ3n) is 5.98. The van der Waals surface area contributed by atoms with Gasteiger partial charge in [-0.05, 0) is 25.0 Å². The van der Waals surface area contributed by atoms with Gasteiger partial charge < -0.3 is 15.8 Å². The lowest BCUT2D eigenvalue weighted by Gasteiger charge is -2.60. The molecule has 1 heterocycles. The lowest BCUT2D eigenvalue weighted by Crippen LogP contribution is -2.80. The molecule has 1 saturated heterocycles. The summed E-state index contributed by atoms with van der Waals surface area (Å²) in [4.78, 5) is 12.9. The molecule has 4 nitrogen and oxygen atoms in total. The van der Waals surface area contributed by atoms with Crippen LogP contribution >= 0.6 is 11.8 Å². The fraction of sp³-hybridized carbons (Fsp3) is 0.938. The summed E-state index contributed by atoms with van der Waals surface area (Å²) in [6.07, 6.45) is 4.57. The maximum Gasteiger partial charge on any atom is 0.241 e. The fourth-order valence-corrected chi connectivity index (χ4v) is 5.84. The third kappa shape index (κ3) is 2.15.